The van der Waals surface area contributed by atoms with Crippen LogP contribution in [-0.2, 0) is 14.3 Å². The number of amides is 1. The van der Waals surface area contributed by atoms with Gasteiger partial charge >= 0.3 is 5.97 Å². The maximum Gasteiger partial charge on any atom is 0.306 e. The van der Waals surface area contributed by atoms with Crippen LogP contribution in [0, 0.1) is 6.92 Å². The zero-order chi connectivity index (χ0) is 17.5. The Kier molecular flexibility index (Phi) is 6.69. The zero-order valence-electron chi connectivity index (χ0n) is 13.0. The molecule has 1 N–H and O–H groups in total. The van der Waals surface area contributed by atoms with Gasteiger partial charge in [0.1, 0.15) is 0 Å². The highest BCUT2D eigenvalue weighted by molar-refractivity contribution is 9.10. The number of rotatable bonds is 7. The van der Waals surface area contributed by atoms with Gasteiger partial charge in [0.2, 0.25) is 0 Å². The van der Waals surface area contributed by atoms with Crippen molar-refractivity contribution < 1.29 is 19.1 Å². The lowest BCUT2D eigenvalue weighted by atomic mass is 10.2. The predicted molar refractivity (Wildman–Crippen MR) is 96.4 cm³/mol. The number of hydrogen-bond donors (Lipinski definition) is 1. The number of aryl methyl sites for hydroxylation is 1. The lowest BCUT2D eigenvalue weighted by Gasteiger charge is -2.06. The summed E-state index contributed by atoms with van der Waals surface area (Å²) in [5.74, 6) is -1.09. The van der Waals surface area contributed by atoms with Gasteiger partial charge in [0.05, 0.1) is 11.3 Å². The molecule has 24 heavy (non-hydrogen) atoms. The molecule has 0 radical (unpaired) electrons. The Morgan fingerprint density at radius 1 is 1.17 bits per heavy atom. The molecular formula is C17H16BrNO4S. The number of anilines is 1. The van der Waals surface area contributed by atoms with Crippen LogP contribution in [0.5, 0.6) is 0 Å². The van der Waals surface area contributed by atoms with Crippen LogP contribution < -0.4 is 5.32 Å². The first-order valence-electron chi connectivity index (χ1n) is 7.25. The van der Waals surface area contributed by atoms with E-state index >= 15 is 0 Å². The number of carbonyl (C=O) groups excluding carboxylic acids is 3. The molecule has 0 bridgehead atoms. The third-order valence-electron chi connectivity index (χ3n) is 3.04. The van der Waals surface area contributed by atoms with Crippen molar-refractivity contribution in [3.8, 4) is 0 Å². The predicted octanol–water partition coefficient (Wildman–Crippen LogP) is 3.96. The number of Topliss-reactive ketones (excluding diaryl/α,β-unsaturated/α-hetero) is 1. The molecule has 0 atom stereocenters. The van der Waals surface area contributed by atoms with Crippen LogP contribution in [0.3, 0.4) is 0 Å². The van der Waals surface area contributed by atoms with Crippen molar-refractivity contribution in [2.45, 2.75) is 19.8 Å². The molecule has 0 aliphatic heterocycles. The van der Waals surface area contributed by atoms with Crippen LogP contribution in [-0.4, -0.2) is 24.3 Å². The second kappa shape index (κ2) is 8.75. The largest absolute Gasteiger partial charge is 0.456 e. The van der Waals surface area contributed by atoms with Gasteiger partial charge in [0.25, 0.3) is 5.91 Å². The van der Waals surface area contributed by atoms with Crippen LogP contribution in [0.2, 0.25) is 0 Å². The van der Waals surface area contributed by atoms with Gasteiger partial charge in [0, 0.05) is 21.5 Å². The Balaban J connectivity index is 1.71. The Morgan fingerprint density at radius 2 is 1.96 bits per heavy atom. The van der Waals surface area contributed by atoms with E-state index in [2.05, 4.69) is 21.2 Å². The average molecular weight is 410 g/mol. The van der Waals surface area contributed by atoms with Gasteiger partial charge in [-0.3, -0.25) is 14.4 Å². The van der Waals surface area contributed by atoms with E-state index in [0.717, 1.165) is 9.35 Å². The van der Waals surface area contributed by atoms with E-state index < -0.39 is 11.9 Å². The normalized spacial score (nSPS) is 10.2. The Morgan fingerprint density at radius 3 is 2.62 bits per heavy atom. The van der Waals surface area contributed by atoms with Crippen molar-refractivity contribution in [3.05, 3.63) is 50.6 Å². The Hall–Kier alpha value is -1.99. The molecule has 0 spiro atoms. The summed E-state index contributed by atoms with van der Waals surface area (Å²) < 4.78 is 5.72. The standard InChI is InChI=1S/C17H16BrNO4S/c1-11-5-7-15(24-11)14(20)6-8-17(22)23-10-16(21)19-13-4-2-3-12(18)9-13/h2-5,7,9H,6,8,10H2,1H3,(H,19,21). The van der Waals surface area contributed by atoms with Gasteiger partial charge in [0.15, 0.2) is 12.4 Å². The van der Waals surface area contributed by atoms with E-state index in [0.29, 0.717) is 10.6 Å². The van der Waals surface area contributed by atoms with E-state index in [1.54, 1.807) is 24.3 Å². The molecule has 2 aromatic rings. The topological polar surface area (TPSA) is 72.5 Å². The minimum absolute atomic E-state index is 0.0417. The summed E-state index contributed by atoms with van der Waals surface area (Å²) in [6.07, 6.45) is 0.0337. The molecule has 126 valence electrons. The maximum absolute atomic E-state index is 11.9. The van der Waals surface area contributed by atoms with Crippen molar-refractivity contribution >= 4 is 50.6 Å². The fraction of sp³-hybridized carbons (Fsp3) is 0.235. The number of benzene rings is 1. The number of nitrogens with one attached hydrogen (secondary N) is 1. The molecule has 1 aromatic carbocycles. The molecule has 1 heterocycles. The first-order chi connectivity index (χ1) is 11.4. The summed E-state index contributed by atoms with van der Waals surface area (Å²) in [5.41, 5.74) is 0.605. The highest BCUT2D eigenvalue weighted by atomic mass is 79.9. The summed E-state index contributed by atoms with van der Waals surface area (Å²) in [6, 6.07) is 10.7. The zero-order valence-corrected chi connectivity index (χ0v) is 15.4. The van der Waals surface area contributed by atoms with Gasteiger partial charge < -0.3 is 10.1 Å². The molecule has 0 saturated heterocycles. The number of carbonyl (C=O) groups is 3. The van der Waals surface area contributed by atoms with Crippen LogP contribution >= 0.6 is 27.3 Å². The summed E-state index contributed by atoms with van der Waals surface area (Å²) in [6.45, 7) is 1.54. The molecule has 0 unspecified atom stereocenters. The highest BCUT2D eigenvalue weighted by Crippen LogP contribution is 2.18. The molecule has 5 nitrogen and oxygen atoms in total. The third-order valence-corrected chi connectivity index (χ3v) is 4.58. The Labute approximate surface area is 152 Å². The van der Waals surface area contributed by atoms with Gasteiger partial charge in [-0.05, 0) is 37.3 Å². The van der Waals surface area contributed by atoms with E-state index in [4.69, 9.17) is 4.74 Å². The first kappa shape index (κ1) is 18.4. The molecule has 2 rings (SSSR count). The minimum Gasteiger partial charge on any atom is -0.456 e. The molecule has 7 heteroatoms. The van der Waals surface area contributed by atoms with Crippen LogP contribution in [0.4, 0.5) is 5.69 Å². The molecule has 0 aliphatic carbocycles. The number of esters is 1. The molecular weight excluding hydrogens is 394 g/mol. The number of halogens is 1. The van der Waals surface area contributed by atoms with E-state index in [9.17, 15) is 14.4 Å². The van der Waals surface area contributed by atoms with E-state index in [1.807, 2.05) is 19.1 Å². The molecule has 1 amide bonds. The van der Waals surface area contributed by atoms with Crippen molar-refractivity contribution in [3.63, 3.8) is 0 Å². The van der Waals surface area contributed by atoms with E-state index in [-0.39, 0.29) is 25.2 Å². The van der Waals surface area contributed by atoms with Crippen molar-refractivity contribution in [2.24, 2.45) is 0 Å². The number of ether oxygens (including phenoxy) is 1. The van der Waals surface area contributed by atoms with Crippen LogP contribution in [0.25, 0.3) is 0 Å². The minimum atomic E-state index is -0.568. The quantitative estimate of drug-likeness (QED) is 0.554. The van der Waals surface area contributed by atoms with Gasteiger partial charge in [-0.2, -0.15) is 0 Å². The fourth-order valence-electron chi connectivity index (χ4n) is 1.90. The van der Waals surface area contributed by atoms with Crippen LogP contribution in [0.15, 0.2) is 40.9 Å². The SMILES string of the molecule is Cc1ccc(C(=O)CCC(=O)OCC(=O)Nc2cccc(Br)c2)s1. The average Bonchev–Trinajstić information content (AvgIpc) is 2.97. The summed E-state index contributed by atoms with van der Waals surface area (Å²) in [5, 5.41) is 2.62. The monoisotopic (exact) mass is 409 g/mol. The van der Waals surface area contributed by atoms with Crippen molar-refractivity contribution in [1.29, 1.82) is 0 Å². The lowest BCUT2D eigenvalue weighted by molar-refractivity contribution is -0.147. The van der Waals surface area contributed by atoms with Crippen LogP contribution in [0.1, 0.15) is 27.4 Å². The second-order valence-corrected chi connectivity index (χ2v) is 7.26. The maximum atomic E-state index is 11.9. The van der Waals surface area contributed by atoms with Gasteiger partial charge in [-0.1, -0.05) is 22.0 Å². The van der Waals surface area contributed by atoms with Crippen molar-refractivity contribution in [1.82, 2.24) is 0 Å². The number of ketones is 1. The summed E-state index contributed by atoms with van der Waals surface area (Å²) in [4.78, 5) is 36.9. The fourth-order valence-corrected chi connectivity index (χ4v) is 3.14. The Bertz CT molecular complexity index is 757. The number of hydrogen-bond acceptors (Lipinski definition) is 5. The summed E-state index contributed by atoms with van der Waals surface area (Å²) >= 11 is 4.70. The molecule has 0 saturated carbocycles. The number of thiophene rings is 1. The molecule has 0 aliphatic rings. The molecule has 0 fully saturated rings. The molecule has 1 aromatic heterocycles. The van der Waals surface area contributed by atoms with E-state index in [1.165, 1.54) is 11.3 Å². The third kappa shape index (κ3) is 5.90. The smallest absolute Gasteiger partial charge is 0.306 e. The summed E-state index contributed by atoms with van der Waals surface area (Å²) in [7, 11) is 0. The second-order valence-electron chi connectivity index (χ2n) is 5.05. The van der Waals surface area contributed by atoms with Gasteiger partial charge in [-0.15, -0.1) is 11.3 Å². The van der Waals surface area contributed by atoms with Crippen molar-refractivity contribution in [2.75, 3.05) is 11.9 Å². The lowest BCUT2D eigenvalue weighted by Crippen LogP contribution is -2.21. The first-order valence-corrected chi connectivity index (χ1v) is 8.85. The van der Waals surface area contributed by atoms with Gasteiger partial charge in [-0.25, -0.2) is 0 Å². The highest BCUT2D eigenvalue weighted by Gasteiger charge is 2.13.